The van der Waals surface area contributed by atoms with Crippen LogP contribution < -0.4 is 4.74 Å². The van der Waals surface area contributed by atoms with Crippen molar-refractivity contribution in [1.29, 1.82) is 0 Å². The Morgan fingerprint density at radius 1 is 1.00 bits per heavy atom. The van der Waals surface area contributed by atoms with Gasteiger partial charge in [-0.2, -0.15) is 0 Å². The van der Waals surface area contributed by atoms with E-state index in [1.807, 2.05) is 92.5 Å². The van der Waals surface area contributed by atoms with Crippen LogP contribution in [0.5, 0.6) is 5.75 Å². The van der Waals surface area contributed by atoms with Crippen LogP contribution in [0.1, 0.15) is 51.4 Å². The van der Waals surface area contributed by atoms with Crippen molar-refractivity contribution in [3.8, 4) is 5.75 Å². The molecule has 202 valence electrons. The Kier molecular flexibility index (Phi) is 9.94. The molecule has 3 aromatic rings. The smallest absolute Gasteiger partial charge is 0.247 e. The van der Waals surface area contributed by atoms with Crippen LogP contribution in [0.2, 0.25) is 0 Å². The molecular formula is C32H41N3O3. The van der Waals surface area contributed by atoms with E-state index in [0.29, 0.717) is 19.6 Å². The molecule has 0 radical (unpaired) electrons. The number of hydrogen-bond donors (Lipinski definition) is 0. The number of amides is 2. The van der Waals surface area contributed by atoms with E-state index >= 15 is 0 Å². The summed E-state index contributed by atoms with van der Waals surface area (Å²) in [5.74, 6) is 0.818. The van der Waals surface area contributed by atoms with Gasteiger partial charge >= 0.3 is 0 Å². The third kappa shape index (κ3) is 8.37. The van der Waals surface area contributed by atoms with Crippen molar-refractivity contribution in [3.05, 3.63) is 95.8 Å². The first kappa shape index (κ1) is 28.8. The van der Waals surface area contributed by atoms with Gasteiger partial charge in [0.1, 0.15) is 12.3 Å². The maximum Gasteiger partial charge on any atom is 0.247 e. The molecule has 0 bridgehead atoms. The first-order chi connectivity index (χ1) is 18.1. The van der Waals surface area contributed by atoms with Crippen LogP contribution in [0.15, 0.2) is 79.0 Å². The predicted octanol–water partition coefficient (Wildman–Crippen LogP) is 5.87. The second-order valence-electron chi connectivity index (χ2n) is 11.0. The first-order valence-corrected chi connectivity index (χ1v) is 13.2. The summed E-state index contributed by atoms with van der Waals surface area (Å²) in [5.41, 5.74) is 2.68. The van der Waals surface area contributed by atoms with Gasteiger partial charge < -0.3 is 19.1 Å². The number of hydrogen-bond acceptors (Lipinski definition) is 3. The highest BCUT2D eigenvalue weighted by Gasteiger charge is 2.29. The molecule has 0 saturated heterocycles. The standard InChI is InChI=1S/C32H41N3O3/c1-25(2)21-34(30(36)18-17-26-12-8-7-9-13-26)24-31(37)35(32(3,4)5)23-28-15-11-19-33(28)22-27-14-10-16-29(20-27)38-6/h7-20,25H,21-24H2,1-6H3/b18-17+. The Hall–Kier alpha value is -3.80. The minimum Gasteiger partial charge on any atom is -0.497 e. The molecule has 0 aliphatic carbocycles. The normalized spacial score (nSPS) is 11.7. The van der Waals surface area contributed by atoms with Crippen LogP contribution in [0, 0.1) is 5.92 Å². The highest BCUT2D eigenvalue weighted by Crippen LogP contribution is 2.21. The Morgan fingerprint density at radius 3 is 2.39 bits per heavy atom. The van der Waals surface area contributed by atoms with Gasteiger partial charge in [-0.05, 0) is 68.2 Å². The maximum atomic E-state index is 13.7. The van der Waals surface area contributed by atoms with Gasteiger partial charge in [-0.25, -0.2) is 0 Å². The lowest BCUT2D eigenvalue weighted by atomic mass is 10.0. The van der Waals surface area contributed by atoms with E-state index in [2.05, 4.69) is 24.5 Å². The van der Waals surface area contributed by atoms with E-state index in [1.165, 1.54) is 0 Å². The highest BCUT2D eigenvalue weighted by molar-refractivity contribution is 5.94. The average Bonchev–Trinajstić information content (AvgIpc) is 3.31. The molecule has 1 aromatic heterocycles. The second kappa shape index (κ2) is 13.1. The summed E-state index contributed by atoms with van der Waals surface area (Å²) in [6.45, 7) is 11.9. The van der Waals surface area contributed by atoms with Crippen molar-refractivity contribution in [1.82, 2.24) is 14.4 Å². The molecule has 6 nitrogen and oxygen atoms in total. The summed E-state index contributed by atoms with van der Waals surface area (Å²) < 4.78 is 7.53. The molecule has 0 aliphatic rings. The third-order valence-corrected chi connectivity index (χ3v) is 6.28. The molecule has 0 saturated carbocycles. The van der Waals surface area contributed by atoms with Crippen molar-refractivity contribution in [2.45, 2.75) is 53.2 Å². The number of methoxy groups -OCH3 is 1. The number of ether oxygens (including phenoxy) is 1. The number of aromatic nitrogens is 1. The molecular weight excluding hydrogens is 474 g/mol. The Labute approximate surface area is 227 Å². The fraction of sp³-hybridized carbons (Fsp3) is 0.375. The van der Waals surface area contributed by atoms with Crippen LogP contribution in [0.25, 0.3) is 6.08 Å². The zero-order valence-electron chi connectivity index (χ0n) is 23.6. The molecule has 3 rings (SSSR count). The van der Waals surface area contributed by atoms with E-state index in [4.69, 9.17) is 4.74 Å². The van der Waals surface area contributed by atoms with E-state index in [9.17, 15) is 9.59 Å². The topological polar surface area (TPSA) is 54.8 Å². The van der Waals surface area contributed by atoms with Crippen LogP contribution >= 0.6 is 0 Å². The summed E-state index contributed by atoms with van der Waals surface area (Å²) in [7, 11) is 1.66. The van der Waals surface area contributed by atoms with Crippen LogP contribution in [0.3, 0.4) is 0 Å². The van der Waals surface area contributed by atoms with Crippen LogP contribution in [-0.4, -0.2) is 51.9 Å². The molecule has 2 aromatic carbocycles. The molecule has 0 N–H and O–H groups in total. The van der Waals surface area contributed by atoms with Gasteiger partial charge in [-0.1, -0.05) is 56.3 Å². The molecule has 1 heterocycles. The Bertz CT molecular complexity index is 1220. The first-order valence-electron chi connectivity index (χ1n) is 13.2. The summed E-state index contributed by atoms with van der Waals surface area (Å²) in [6.07, 6.45) is 5.39. The molecule has 0 fully saturated rings. The zero-order chi connectivity index (χ0) is 27.7. The van der Waals surface area contributed by atoms with Gasteiger partial charge in [0.2, 0.25) is 11.8 Å². The molecule has 6 heteroatoms. The van der Waals surface area contributed by atoms with Crippen LogP contribution in [0.4, 0.5) is 0 Å². The number of carbonyl (C=O) groups excluding carboxylic acids is 2. The monoisotopic (exact) mass is 515 g/mol. The van der Waals surface area contributed by atoms with E-state index in [1.54, 1.807) is 24.2 Å². The van der Waals surface area contributed by atoms with Gasteiger partial charge in [0, 0.05) is 36.6 Å². The highest BCUT2D eigenvalue weighted by atomic mass is 16.5. The zero-order valence-corrected chi connectivity index (χ0v) is 23.6. The van der Waals surface area contributed by atoms with Crippen molar-refractivity contribution in [2.24, 2.45) is 5.92 Å². The van der Waals surface area contributed by atoms with Crippen molar-refractivity contribution in [3.63, 3.8) is 0 Å². The van der Waals surface area contributed by atoms with E-state index in [0.717, 1.165) is 22.6 Å². The van der Waals surface area contributed by atoms with Gasteiger partial charge in [0.05, 0.1) is 13.7 Å². The molecule has 0 aliphatic heterocycles. The average molecular weight is 516 g/mol. The lowest BCUT2D eigenvalue weighted by Crippen LogP contribution is -2.50. The molecule has 0 spiro atoms. The number of carbonyl (C=O) groups is 2. The lowest BCUT2D eigenvalue weighted by Gasteiger charge is -2.37. The summed E-state index contributed by atoms with van der Waals surface area (Å²) in [5, 5.41) is 0. The second-order valence-corrected chi connectivity index (χ2v) is 11.0. The molecule has 0 atom stereocenters. The summed E-state index contributed by atoms with van der Waals surface area (Å²) >= 11 is 0. The van der Waals surface area contributed by atoms with E-state index < -0.39 is 5.54 Å². The molecule has 38 heavy (non-hydrogen) atoms. The van der Waals surface area contributed by atoms with Gasteiger partial charge in [0.15, 0.2) is 0 Å². The Morgan fingerprint density at radius 2 is 1.74 bits per heavy atom. The molecule has 0 unspecified atom stereocenters. The quantitative estimate of drug-likeness (QED) is 0.300. The van der Waals surface area contributed by atoms with Gasteiger partial charge in [0.25, 0.3) is 0 Å². The third-order valence-electron chi connectivity index (χ3n) is 6.28. The predicted molar refractivity (Wildman–Crippen MR) is 154 cm³/mol. The van der Waals surface area contributed by atoms with Crippen LogP contribution in [-0.2, 0) is 22.7 Å². The minimum atomic E-state index is -0.422. The van der Waals surface area contributed by atoms with Crippen molar-refractivity contribution < 1.29 is 14.3 Å². The van der Waals surface area contributed by atoms with Crippen molar-refractivity contribution >= 4 is 17.9 Å². The fourth-order valence-electron chi connectivity index (χ4n) is 4.34. The summed E-state index contributed by atoms with van der Waals surface area (Å²) in [4.78, 5) is 30.4. The molecule has 2 amide bonds. The minimum absolute atomic E-state index is 0.0318. The van der Waals surface area contributed by atoms with Gasteiger partial charge in [-0.3, -0.25) is 9.59 Å². The maximum absolute atomic E-state index is 13.7. The number of nitrogens with zero attached hydrogens (tertiary/aromatic N) is 3. The summed E-state index contributed by atoms with van der Waals surface area (Å²) in [6, 6.07) is 21.8. The fourth-order valence-corrected chi connectivity index (χ4v) is 4.34. The van der Waals surface area contributed by atoms with E-state index in [-0.39, 0.29) is 24.3 Å². The number of rotatable bonds is 11. The Balaban J connectivity index is 1.77. The lowest BCUT2D eigenvalue weighted by molar-refractivity contribution is -0.142. The van der Waals surface area contributed by atoms with Gasteiger partial charge in [-0.15, -0.1) is 0 Å². The largest absolute Gasteiger partial charge is 0.497 e. The van der Waals surface area contributed by atoms with Crippen molar-refractivity contribution in [2.75, 3.05) is 20.2 Å². The number of benzene rings is 2. The SMILES string of the molecule is COc1cccc(Cn2cccc2CN(C(=O)CN(CC(C)C)C(=O)/C=C/c2ccccc2)C(C)(C)C)c1.